The molecule has 0 fully saturated rings. The van der Waals surface area contributed by atoms with Crippen molar-refractivity contribution in [3.63, 3.8) is 0 Å². The van der Waals surface area contributed by atoms with Gasteiger partial charge in [0.2, 0.25) is 0 Å². The minimum Gasteiger partial charge on any atom is -0.360 e. The molecule has 1 aliphatic rings. The van der Waals surface area contributed by atoms with Gasteiger partial charge in [0.1, 0.15) is 12.0 Å². The van der Waals surface area contributed by atoms with Gasteiger partial charge in [-0.25, -0.2) is 4.99 Å². The van der Waals surface area contributed by atoms with Crippen molar-refractivity contribution in [3.05, 3.63) is 107 Å². The summed E-state index contributed by atoms with van der Waals surface area (Å²) in [5.41, 5.74) is 3.56. The van der Waals surface area contributed by atoms with Gasteiger partial charge in [0.15, 0.2) is 0 Å². The van der Waals surface area contributed by atoms with E-state index in [1.165, 1.54) is 12.1 Å². The number of amidine groups is 1. The van der Waals surface area contributed by atoms with Gasteiger partial charge >= 0.3 is 6.18 Å². The first kappa shape index (κ1) is 23.2. The highest BCUT2D eigenvalue weighted by atomic mass is 19.4. The van der Waals surface area contributed by atoms with Gasteiger partial charge in [0.25, 0.3) is 5.91 Å². The topological polar surface area (TPSA) is 94.2 Å². The fraction of sp³-hybridized carbons (Fsp3) is 0.115. The van der Waals surface area contributed by atoms with Crippen LogP contribution in [-0.4, -0.2) is 21.7 Å². The van der Waals surface area contributed by atoms with E-state index in [2.05, 4.69) is 30.9 Å². The molecule has 4 aromatic rings. The Morgan fingerprint density at radius 2 is 1.83 bits per heavy atom. The molecule has 0 bridgehead atoms. The van der Waals surface area contributed by atoms with Crippen LogP contribution in [0.25, 0.3) is 0 Å². The number of aryl methyl sites for hydroxylation is 1. The molecule has 3 heterocycles. The zero-order chi connectivity index (χ0) is 25.3. The van der Waals surface area contributed by atoms with Gasteiger partial charge in [-0.2, -0.15) is 13.2 Å². The van der Waals surface area contributed by atoms with E-state index in [0.29, 0.717) is 17.1 Å². The fourth-order valence-electron chi connectivity index (χ4n) is 3.88. The molecule has 0 aliphatic carbocycles. The van der Waals surface area contributed by atoms with E-state index in [0.717, 1.165) is 34.6 Å². The van der Waals surface area contributed by atoms with Crippen molar-refractivity contribution in [2.24, 2.45) is 4.99 Å². The number of alkyl halides is 3. The molecule has 0 radical (unpaired) electrons. The number of anilines is 2. The van der Waals surface area contributed by atoms with Gasteiger partial charge in [-0.3, -0.25) is 9.78 Å². The summed E-state index contributed by atoms with van der Waals surface area (Å²) in [6.07, 6.45) is 0.294. The molecule has 1 atom stereocenters. The van der Waals surface area contributed by atoms with Crippen LogP contribution in [0.5, 0.6) is 0 Å². The lowest BCUT2D eigenvalue weighted by atomic mass is 10.1. The Labute approximate surface area is 204 Å². The van der Waals surface area contributed by atoms with Gasteiger partial charge in [0, 0.05) is 41.1 Å². The average molecular weight is 490 g/mol. The number of nitrogens with one attached hydrogen (secondary N) is 4. The van der Waals surface area contributed by atoms with Crippen molar-refractivity contribution in [2.45, 2.75) is 19.3 Å². The lowest BCUT2D eigenvalue weighted by molar-refractivity contribution is -0.137. The summed E-state index contributed by atoms with van der Waals surface area (Å²) in [4.78, 5) is 24.8. The Kier molecular flexibility index (Phi) is 5.93. The standard InChI is InChI=1S/C26H21F3N6O/c1-15-5-6-17(25(36)32-19-4-2-3-18(14-19)26(27,28)29)13-21(15)34-24-22-20(9-12-31-22)33-23(35-24)16-7-10-30-11-8-16/h2-14,24,31,34H,1H3,(H,32,36)(H,33,35). The van der Waals surface area contributed by atoms with Gasteiger partial charge in [0.05, 0.1) is 16.9 Å². The molecule has 182 valence electrons. The zero-order valence-electron chi connectivity index (χ0n) is 19.0. The van der Waals surface area contributed by atoms with Gasteiger partial charge in [-0.15, -0.1) is 0 Å². The summed E-state index contributed by atoms with van der Waals surface area (Å²) in [5.74, 6) is 0.145. The number of benzene rings is 2. The second-order valence-electron chi connectivity index (χ2n) is 8.26. The predicted octanol–water partition coefficient (Wildman–Crippen LogP) is 5.78. The molecule has 2 aromatic heterocycles. The van der Waals surface area contributed by atoms with E-state index in [9.17, 15) is 18.0 Å². The SMILES string of the molecule is Cc1ccc(C(=O)Nc2cccc(C(F)(F)F)c2)cc1NC1NC(c2ccncc2)=Nc2cc[nH]c21. The minimum absolute atomic E-state index is 0.0630. The first-order valence-corrected chi connectivity index (χ1v) is 11.1. The molecular formula is C26H21F3N6O. The van der Waals surface area contributed by atoms with Crippen LogP contribution in [0.15, 0.2) is 84.2 Å². The molecule has 36 heavy (non-hydrogen) atoms. The van der Waals surface area contributed by atoms with Gasteiger partial charge in [-0.05, 0) is 61.0 Å². The number of hydrogen-bond acceptors (Lipinski definition) is 5. The molecule has 0 saturated heterocycles. The monoisotopic (exact) mass is 490 g/mol. The second kappa shape index (κ2) is 9.21. The third kappa shape index (κ3) is 4.78. The molecule has 4 N–H and O–H groups in total. The number of pyridine rings is 1. The van der Waals surface area contributed by atoms with Crippen molar-refractivity contribution in [2.75, 3.05) is 10.6 Å². The number of carbonyl (C=O) groups excluding carboxylic acids is 1. The van der Waals surface area contributed by atoms with Crippen molar-refractivity contribution in [1.29, 1.82) is 0 Å². The molecule has 5 rings (SSSR count). The highest BCUT2D eigenvalue weighted by Gasteiger charge is 2.30. The zero-order valence-corrected chi connectivity index (χ0v) is 19.0. The number of rotatable bonds is 5. The maximum Gasteiger partial charge on any atom is 0.416 e. The van der Waals surface area contributed by atoms with Crippen LogP contribution >= 0.6 is 0 Å². The number of amides is 1. The minimum atomic E-state index is -4.50. The summed E-state index contributed by atoms with van der Waals surface area (Å²) < 4.78 is 39.1. The molecule has 0 spiro atoms. The van der Waals surface area contributed by atoms with E-state index >= 15 is 0 Å². The molecule has 10 heteroatoms. The number of halogens is 3. The maximum absolute atomic E-state index is 13.0. The smallest absolute Gasteiger partial charge is 0.360 e. The predicted molar refractivity (Wildman–Crippen MR) is 131 cm³/mol. The number of aromatic nitrogens is 2. The summed E-state index contributed by atoms with van der Waals surface area (Å²) in [7, 11) is 0. The molecule has 1 amide bonds. The Morgan fingerprint density at radius 1 is 1.03 bits per heavy atom. The van der Waals surface area contributed by atoms with Crippen LogP contribution in [0.2, 0.25) is 0 Å². The van der Waals surface area contributed by atoms with Crippen molar-refractivity contribution in [1.82, 2.24) is 15.3 Å². The molecule has 7 nitrogen and oxygen atoms in total. The Balaban J connectivity index is 1.38. The molecule has 0 saturated carbocycles. The summed E-state index contributed by atoms with van der Waals surface area (Å²) in [6, 6.07) is 15.2. The molecule has 2 aromatic carbocycles. The van der Waals surface area contributed by atoms with E-state index in [1.807, 2.05) is 25.1 Å². The maximum atomic E-state index is 13.0. The van der Waals surface area contributed by atoms with Gasteiger partial charge in [-0.1, -0.05) is 12.1 Å². The summed E-state index contributed by atoms with van der Waals surface area (Å²) in [6.45, 7) is 1.90. The van der Waals surface area contributed by atoms with Crippen LogP contribution in [0, 0.1) is 6.92 Å². The molecular weight excluding hydrogens is 469 g/mol. The quantitative estimate of drug-likeness (QED) is 0.285. The highest BCUT2D eigenvalue weighted by molar-refractivity contribution is 6.05. The average Bonchev–Trinajstić information content (AvgIpc) is 3.35. The number of nitrogens with zero attached hydrogens (tertiary/aromatic N) is 2. The van der Waals surface area contributed by atoms with E-state index in [1.54, 1.807) is 36.8 Å². The molecule has 1 aliphatic heterocycles. The fourth-order valence-corrected chi connectivity index (χ4v) is 3.88. The number of H-pyrrole nitrogens is 1. The van der Waals surface area contributed by atoms with Crippen molar-refractivity contribution >= 4 is 28.8 Å². The third-order valence-corrected chi connectivity index (χ3v) is 5.76. The van der Waals surface area contributed by atoms with Crippen LogP contribution in [0.1, 0.15) is 38.9 Å². The van der Waals surface area contributed by atoms with Crippen LogP contribution in [0.3, 0.4) is 0 Å². The first-order chi connectivity index (χ1) is 17.3. The second-order valence-corrected chi connectivity index (χ2v) is 8.26. The largest absolute Gasteiger partial charge is 0.416 e. The van der Waals surface area contributed by atoms with Crippen LogP contribution in [-0.2, 0) is 6.18 Å². The summed E-state index contributed by atoms with van der Waals surface area (Å²) >= 11 is 0. The highest BCUT2D eigenvalue weighted by Crippen LogP contribution is 2.32. The molecule has 1 unspecified atom stereocenters. The number of hydrogen-bond donors (Lipinski definition) is 4. The van der Waals surface area contributed by atoms with E-state index in [4.69, 9.17) is 0 Å². The Bertz CT molecular complexity index is 1450. The van der Waals surface area contributed by atoms with Crippen molar-refractivity contribution in [3.8, 4) is 0 Å². The number of carbonyl (C=O) groups is 1. The van der Waals surface area contributed by atoms with E-state index in [-0.39, 0.29) is 11.9 Å². The summed E-state index contributed by atoms with van der Waals surface area (Å²) in [5, 5.41) is 9.33. The first-order valence-electron chi connectivity index (χ1n) is 11.1. The normalized spacial score (nSPS) is 14.9. The lowest BCUT2D eigenvalue weighted by Crippen LogP contribution is -2.36. The lowest BCUT2D eigenvalue weighted by Gasteiger charge is -2.27. The van der Waals surface area contributed by atoms with Crippen LogP contribution < -0.4 is 16.0 Å². The van der Waals surface area contributed by atoms with E-state index < -0.39 is 17.6 Å². The Hall–Kier alpha value is -4.60. The number of aliphatic imine (C=N–C) groups is 1. The Morgan fingerprint density at radius 3 is 2.61 bits per heavy atom. The number of fused-ring (bicyclic) bond motifs is 1. The van der Waals surface area contributed by atoms with Crippen molar-refractivity contribution < 1.29 is 18.0 Å². The van der Waals surface area contributed by atoms with Gasteiger partial charge < -0.3 is 20.9 Å². The third-order valence-electron chi connectivity index (χ3n) is 5.76. The van der Waals surface area contributed by atoms with Crippen LogP contribution in [0.4, 0.5) is 30.2 Å². The number of aromatic amines is 1.